The summed E-state index contributed by atoms with van der Waals surface area (Å²) in [6, 6.07) is 4.95. The second-order valence-electron chi connectivity index (χ2n) is 4.88. The van der Waals surface area contributed by atoms with Crippen LogP contribution in [-0.4, -0.2) is 42.8 Å². The highest BCUT2D eigenvalue weighted by molar-refractivity contribution is 7.98. The minimum atomic E-state index is -3.51. The monoisotopic (exact) mass is 346 g/mol. The topological polar surface area (TPSA) is 63.4 Å². The van der Waals surface area contributed by atoms with Crippen molar-refractivity contribution in [2.75, 3.05) is 19.1 Å². The van der Waals surface area contributed by atoms with Crippen molar-refractivity contribution in [3.8, 4) is 0 Å². The molecule has 0 aromatic heterocycles. The van der Waals surface area contributed by atoms with Crippen LogP contribution in [0.4, 0.5) is 0 Å². The van der Waals surface area contributed by atoms with Crippen LogP contribution in [0.5, 0.6) is 0 Å². The van der Waals surface area contributed by atoms with Crippen molar-refractivity contribution in [2.24, 2.45) is 5.73 Å². The molecule has 0 heterocycles. The Bertz CT molecular complexity index is 615. The lowest BCUT2D eigenvalue weighted by Crippen LogP contribution is -2.38. The summed E-state index contributed by atoms with van der Waals surface area (Å²) in [6.07, 6.45) is 2.76. The van der Waals surface area contributed by atoms with E-state index in [4.69, 9.17) is 18.0 Å². The molecule has 118 valence electrons. The molecular weight excluding hydrogens is 324 g/mol. The van der Waals surface area contributed by atoms with Crippen LogP contribution in [0.1, 0.15) is 24.5 Å². The molecule has 7 heteroatoms. The van der Waals surface area contributed by atoms with E-state index in [0.717, 1.165) is 12.2 Å². The quantitative estimate of drug-likeness (QED) is 0.768. The van der Waals surface area contributed by atoms with Gasteiger partial charge in [0.15, 0.2) is 0 Å². The molecule has 0 fully saturated rings. The van der Waals surface area contributed by atoms with E-state index in [-0.39, 0.29) is 11.0 Å². The predicted molar refractivity (Wildman–Crippen MR) is 94.5 cm³/mol. The SMILES string of the molecule is CCC(CSC)N(C)S(=O)(=O)c1ccc(C(N)=S)cc1C. The van der Waals surface area contributed by atoms with Crippen LogP contribution in [-0.2, 0) is 10.0 Å². The smallest absolute Gasteiger partial charge is 0.243 e. The standard InChI is InChI=1S/C14H22N2O2S3/c1-5-12(9-20-4)16(3)21(17,18)13-7-6-11(14(15)19)8-10(13)2/h6-8,12H,5,9H2,1-4H3,(H2,15,19). The normalized spacial score (nSPS) is 13.4. The molecule has 0 saturated heterocycles. The minimum absolute atomic E-state index is 0.0142. The number of sulfonamides is 1. The molecule has 0 aliphatic rings. The average molecular weight is 347 g/mol. The van der Waals surface area contributed by atoms with Crippen LogP contribution in [0.2, 0.25) is 0 Å². The van der Waals surface area contributed by atoms with Crippen molar-refractivity contribution in [3.63, 3.8) is 0 Å². The second kappa shape index (κ2) is 7.58. The van der Waals surface area contributed by atoms with Gasteiger partial charge in [-0.2, -0.15) is 16.1 Å². The number of thiocarbonyl (C=S) groups is 1. The first-order valence-corrected chi connectivity index (χ1v) is 9.87. The van der Waals surface area contributed by atoms with E-state index in [1.807, 2.05) is 13.2 Å². The lowest BCUT2D eigenvalue weighted by Gasteiger charge is -2.26. The molecule has 2 N–H and O–H groups in total. The number of hydrogen-bond acceptors (Lipinski definition) is 4. The van der Waals surface area contributed by atoms with Gasteiger partial charge in [0.05, 0.1) is 4.90 Å². The summed E-state index contributed by atoms with van der Waals surface area (Å²) in [5, 5.41) is 0. The van der Waals surface area contributed by atoms with Gasteiger partial charge in [0, 0.05) is 24.4 Å². The molecule has 0 spiro atoms. The molecule has 1 rings (SSSR count). The summed E-state index contributed by atoms with van der Waals surface area (Å²) >= 11 is 6.56. The van der Waals surface area contributed by atoms with Gasteiger partial charge in [0.1, 0.15) is 4.99 Å². The Morgan fingerprint density at radius 3 is 2.52 bits per heavy atom. The van der Waals surface area contributed by atoms with E-state index in [1.165, 1.54) is 4.31 Å². The molecule has 0 saturated carbocycles. The number of hydrogen-bond donors (Lipinski definition) is 1. The van der Waals surface area contributed by atoms with Gasteiger partial charge in [0.25, 0.3) is 0 Å². The van der Waals surface area contributed by atoms with E-state index >= 15 is 0 Å². The van der Waals surface area contributed by atoms with Crippen LogP contribution >= 0.6 is 24.0 Å². The van der Waals surface area contributed by atoms with Gasteiger partial charge >= 0.3 is 0 Å². The lowest BCUT2D eigenvalue weighted by molar-refractivity contribution is 0.385. The van der Waals surface area contributed by atoms with E-state index in [2.05, 4.69) is 0 Å². The van der Waals surface area contributed by atoms with Crippen LogP contribution in [0.25, 0.3) is 0 Å². The van der Waals surface area contributed by atoms with E-state index in [1.54, 1.807) is 43.9 Å². The molecular formula is C14H22N2O2S3. The third-order valence-corrected chi connectivity index (χ3v) is 6.49. The molecule has 1 aromatic rings. The fourth-order valence-electron chi connectivity index (χ4n) is 2.12. The zero-order valence-corrected chi connectivity index (χ0v) is 15.2. The van der Waals surface area contributed by atoms with Crippen LogP contribution in [0.15, 0.2) is 23.1 Å². The number of nitrogens with zero attached hydrogens (tertiary/aromatic N) is 1. The molecule has 0 amide bonds. The van der Waals surface area contributed by atoms with Gasteiger partial charge in [-0.25, -0.2) is 8.42 Å². The summed E-state index contributed by atoms with van der Waals surface area (Å²) in [5.41, 5.74) is 6.92. The van der Waals surface area contributed by atoms with E-state index < -0.39 is 10.0 Å². The van der Waals surface area contributed by atoms with Crippen molar-refractivity contribution in [3.05, 3.63) is 29.3 Å². The molecule has 1 unspecified atom stereocenters. The number of thioether (sulfide) groups is 1. The Morgan fingerprint density at radius 1 is 1.48 bits per heavy atom. The summed E-state index contributed by atoms with van der Waals surface area (Å²) < 4.78 is 27.0. The average Bonchev–Trinajstić information content (AvgIpc) is 2.43. The van der Waals surface area contributed by atoms with E-state index in [9.17, 15) is 8.42 Å². The maximum absolute atomic E-state index is 12.8. The van der Waals surface area contributed by atoms with Crippen molar-refractivity contribution in [1.82, 2.24) is 4.31 Å². The molecule has 21 heavy (non-hydrogen) atoms. The zero-order chi connectivity index (χ0) is 16.2. The van der Waals surface area contributed by atoms with Crippen LogP contribution in [0.3, 0.4) is 0 Å². The first kappa shape index (κ1) is 18.4. The Labute approximate surface area is 137 Å². The maximum atomic E-state index is 12.8. The molecule has 0 bridgehead atoms. The number of nitrogens with two attached hydrogens (primary N) is 1. The largest absolute Gasteiger partial charge is 0.389 e. The Balaban J connectivity index is 3.21. The highest BCUT2D eigenvalue weighted by Crippen LogP contribution is 2.23. The summed E-state index contributed by atoms with van der Waals surface area (Å²) in [5.74, 6) is 0.774. The molecule has 1 atom stereocenters. The number of aryl methyl sites for hydroxylation is 1. The van der Waals surface area contributed by atoms with E-state index in [0.29, 0.717) is 16.0 Å². The van der Waals surface area contributed by atoms with Crippen LogP contribution in [0, 0.1) is 6.92 Å². The van der Waals surface area contributed by atoms with Gasteiger partial charge in [-0.15, -0.1) is 0 Å². The lowest BCUT2D eigenvalue weighted by atomic mass is 10.1. The number of benzene rings is 1. The molecule has 0 radical (unpaired) electrons. The molecule has 0 aliphatic heterocycles. The zero-order valence-electron chi connectivity index (χ0n) is 12.8. The fourth-order valence-corrected chi connectivity index (χ4v) is 4.81. The third kappa shape index (κ3) is 4.18. The third-order valence-electron chi connectivity index (χ3n) is 3.46. The van der Waals surface area contributed by atoms with Crippen molar-refractivity contribution in [2.45, 2.75) is 31.2 Å². The Kier molecular flexibility index (Phi) is 6.65. The van der Waals surface area contributed by atoms with Crippen molar-refractivity contribution >= 4 is 39.0 Å². The molecule has 1 aromatic carbocycles. The van der Waals surface area contributed by atoms with Gasteiger partial charge in [-0.1, -0.05) is 25.2 Å². The number of rotatable bonds is 7. The molecule has 4 nitrogen and oxygen atoms in total. The van der Waals surface area contributed by atoms with Crippen molar-refractivity contribution < 1.29 is 8.42 Å². The summed E-state index contributed by atoms with van der Waals surface area (Å²) in [4.78, 5) is 0.578. The van der Waals surface area contributed by atoms with Crippen LogP contribution < -0.4 is 5.73 Å². The fraction of sp³-hybridized carbons (Fsp3) is 0.500. The first-order chi connectivity index (χ1) is 9.75. The van der Waals surface area contributed by atoms with Crippen molar-refractivity contribution in [1.29, 1.82) is 0 Å². The molecule has 0 aliphatic carbocycles. The van der Waals surface area contributed by atoms with Gasteiger partial charge in [-0.05, 0) is 37.3 Å². The second-order valence-corrected chi connectivity index (χ2v) is 8.20. The maximum Gasteiger partial charge on any atom is 0.243 e. The summed E-state index contributed by atoms with van der Waals surface area (Å²) in [6.45, 7) is 3.76. The highest BCUT2D eigenvalue weighted by Gasteiger charge is 2.28. The first-order valence-electron chi connectivity index (χ1n) is 6.63. The van der Waals surface area contributed by atoms with Gasteiger partial charge in [0.2, 0.25) is 10.0 Å². The minimum Gasteiger partial charge on any atom is -0.389 e. The predicted octanol–water partition coefficient (Wildman–Crippen LogP) is 2.39. The van der Waals surface area contributed by atoms with Gasteiger partial charge in [-0.3, -0.25) is 0 Å². The highest BCUT2D eigenvalue weighted by atomic mass is 32.2. The Hall–Kier alpha value is -0.630. The Morgan fingerprint density at radius 2 is 2.10 bits per heavy atom. The van der Waals surface area contributed by atoms with Gasteiger partial charge < -0.3 is 5.73 Å². The summed E-state index contributed by atoms with van der Waals surface area (Å²) in [7, 11) is -1.87.